The molecule has 6 nitrogen and oxygen atoms in total. The summed E-state index contributed by atoms with van der Waals surface area (Å²) in [5.74, 6) is -2.09. The Kier molecular flexibility index (Phi) is 3.60. The van der Waals surface area contributed by atoms with E-state index in [4.69, 9.17) is 33.7 Å². The molecule has 10 heteroatoms. The average Bonchev–Trinajstić information content (AvgIpc) is 2.65. The predicted octanol–water partition coefficient (Wildman–Crippen LogP) is 2.18. The van der Waals surface area contributed by atoms with Crippen LogP contribution in [0.2, 0.25) is 10.2 Å². The predicted molar refractivity (Wildman–Crippen MR) is 63.5 cm³/mol. The maximum Gasteiger partial charge on any atom is 0.359 e. The summed E-state index contributed by atoms with van der Waals surface area (Å²) >= 11 is 12.1. The lowest BCUT2D eigenvalue weighted by molar-refractivity contribution is 0.0724. The molecule has 0 aliphatic rings. The molecule has 0 unspecified atom stereocenters. The lowest BCUT2D eigenvalue weighted by Crippen LogP contribution is -2.10. The van der Waals surface area contributed by atoms with E-state index in [2.05, 4.69) is 14.3 Å². The topological polar surface area (TPSA) is 91.0 Å². The van der Waals surface area contributed by atoms with Crippen molar-refractivity contribution in [2.24, 2.45) is 0 Å². The van der Waals surface area contributed by atoms with Gasteiger partial charge in [-0.15, -0.1) is 0 Å². The smallest absolute Gasteiger partial charge is 0.359 e. The first-order valence-electron chi connectivity index (χ1n) is 4.30. The SMILES string of the molecule is Nc1nc(OC(=O)c2snc(Cl)c2Cl)ncc1F. The van der Waals surface area contributed by atoms with Gasteiger partial charge < -0.3 is 10.5 Å². The largest absolute Gasteiger partial charge is 0.386 e. The van der Waals surface area contributed by atoms with Crippen molar-refractivity contribution in [3.05, 3.63) is 27.1 Å². The van der Waals surface area contributed by atoms with Crippen molar-refractivity contribution in [2.45, 2.75) is 0 Å². The van der Waals surface area contributed by atoms with Crippen LogP contribution in [-0.4, -0.2) is 20.3 Å². The summed E-state index contributed by atoms with van der Waals surface area (Å²) in [5, 5.41) is -0.0325. The number of halogens is 3. The summed E-state index contributed by atoms with van der Waals surface area (Å²) in [4.78, 5) is 18.5. The maximum absolute atomic E-state index is 12.8. The lowest BCUT2D eigenvalue weighted by atomic mass is 10.5. The van der Waals surface area contributed by atoms with Gasteiger partial charge in [-0.2, -0.15) is 9.36 Å². The van der Waals surface area contributed by atoms with Crippen LogP contribution in [0, 0.1) is 5.82 Å². The Morgan fingerprint density at radius 1 is 1.50 bits per heavy atom. The molecule has 0 saturated heterocycles. The summed E-state index contributed by atoms with van der Waals surface area (Å²) in [7, 11) is 0. The fraction of sp³-hybridized carbons (Fsp3) is 0. The minimum absolute atomic E-state index is 0.00633. The summed E-state index contributed by atoms with van der Waals surface area (Å²) < 4.78 is 21.2. The molecule has 0 amide bonds. The average molecular weight is 309 g/mol. The highest BCUT2D eigenvalue weighted by molar-refractivity contribution is 7.09. The first-order valence-corrected chi connectivity index (χ1v) is 5.83. The van der Waals surface area contributed by atoms with E-state index in [0.717, 1.165) is 17.7 Å². The molecule has 94 valence electrons. The maximum atomic E-state index is 12.8. The Morgan fingerprint density at radius 2 is 2.22 bits per heavy atom. The third-order valence-corrected chi connectivity index (χ3v) is 3.49. The second-order valence-corrected chi connectivity index (χ2v) is 4.40. The molecule has 2 rings (SSSR count). The molecule has 0 spiro atoms. The van der Waals surface area contributed by atoms with E-state index < -0.39 is 17.6 Å². The van der Waals surface area contributed by atoms with Crippen LogP contribution in [0.15, 0.2) is 6.20 Å². The number of nitrogen functional groups attached to an aromatic ring is 1. The minimum atomic E-state index is -0.851. The molecule has 0 bridgehead atoms. The van der Waals surface area contributed by atoms with Crippen molar-refractivity contribution in [1.29, 1.82) is 0 Å². The van der Waals surface area contributed by atoms with Crippen LogP contribution in [0.1, 0.15) is 9.67 Å². The van der Waals surface area contributed by atoms with Gasteiger partial charge in [0.1, 0.15) is 5.02 Å². The number of esters is 1. The monoisotopic (exact) mass is 308 g/mol. The summed E-state index contributed by atoms with van der Waals surface area (Å²) in [5.41, 5.74) is 5.19. The van der Waals surface area contributed by atoms with Crippen molar-refractivity contribution in [3.8, 4) is 6.01 Å². The lowest BCUT2D eigenvalue weighted by Gasteiger charge is -2.01. The van der Waals surface area contributed by atoms with Crippen LogP contribution in [0.4, 0.5) is 10.2 Å². The summed E-state index contributed by atoms with van der Waals surface area (Å²) in [6, 6.07) is -0.389. The number of rotatable bonds is 2. The summed E-state index contributed by atoms with van der Waals surface area (Å²) in [6.07, 6.45) is 0.784. The molecule has 2 aromatic heterocycles. The van der Waals surface area contributed by atoms with Gasteiger partial charge >= 0.3 is 12.0 Å². The zero-order valence-corrected chi connectivity index (χ0v) is 10.7. The number of nitrogens with zero attached hydrogens (tertiary/aromatic N) is 3. The number of ether oxygens (including phenoxy) is 1. The molecular formula is C8H3Cl2FN4O2S. The first-order chi connectivity index (χ1) is 8.49. The van der Waals surface area contributed by atoms with Gasteiger partial charge in [0, 0.05) is 0 Å². The minimum Gasteiger partial charge on any atom is -0.386 e. The van der Waals surface area contributed by atoms with E-state index in [-0.39, 0.29) is 21.1 Å². The Hall–Kier alpha value is -1.51. The number of carbonyl (C=O) groups is 1. The number of anilines is 1. The molecule has 2 aromatic rings. The van der Waals surface area contributed by atoms with E-state index in [9.17, 15) is 9.18 Å². The van der Waals surface area contributed by atoms with Crippen molar-refractivity contribution in [1.82, 2.24) is 14.3 Å². The van der Waals surface area contributed by atoms with Gasteiger partial charge in [-0.3, -0.25) is 0 Å². The van der Waals surface area contributed by atoms with Crippen molar-refractivity contribution in [2.75, 3.05) is 5.73 Å². The van der Waals surface area contributed by atoms with E-state index in [1.165, 1.54) is 0 Å². The Labute approximate surface area is 114 Å². The number of aromatic nitrogens is 3. The van der Waals surface area contributed by atoms with Crippen LogP contribution in [0.5, 0.6) is 6.01 Å². The highest BCUT2D eigenvalue weighted by atomic mass is 35.5. The van der Waals surface area contributed by atoms with Gasteiger partial charge in [0.25, 0.3) is 0 Å². The van der Waals surface area contributed by atoms with Crippen LogP contribution < -0.4 is 10.5 Å². The van der Waals surface area contributed by atoms with E-state index >= 15 is 0 Å². The van der Waals surface area contributed by atoms with Crippen LogP contribution in [0.25, 0.3) is 0 Å². The van der Waals surface area contributed by atoms with Crippen LogP contribution in [-0.2, 0) is 0 Å². The summed E-state index contributed by atoms with van der Waals surface area (Å²) in [6.45, 7) is 0. The Morgan fingerprint density at radius 3 is 2.78 bits per heavy atom. The molecule has 0 aliphatic heterocycles. The molecule has 2 N–H and O–H groups in total. The fourth-order valence-electron chi connectivity index (χ4n) is 0.928. The molecule has 0 aliphatic carbocycles. The molecular weight excluding hydrogens is 306 g/mol. The number of hydrogen-bond donors (Lipinski definition) is 1. The van der Waals surface area contributed by atoms with E-state index in [1.54, 1.807) is 0 Å². The number of nitrogens with two attached hydrogens (primary N) is 1. The molecule has 0 aromatic carbocycles. The number of carbonyl (C=O) groups excluding carboxylic acids is 1. The third-order valence-electron chi connectivity index (χ3n) is 1.72. The zero-order chi connectivity index (χ0) is 13.3. The Bertz CT molecular complexity index is 621. The van der Waals surface area contributed by atoms with Crippen LogP contribution in [0.3, 0.4) is 0 Å². The van der Waals surface area contributed by atoms with Gasteiger partial charge in [0.15, 0.2) is 21.7 Å². The number of hydrogen-bond acceptors (Lipinski definition) is 7. The third kappa shape index (κ3) is 2.50. The Balaban J connectivity index is 2.21. The van der Waals surface area contributed by atoms with Gasteiger partial charge in [0.05, 0.1) is 6.20 Å². The van der Waals surface area contributed by atoms with Crippen molar-refractivity contribution < 1.29 is 13.9 Å². The van der Waals surface area contributed by atoms with Gasteiger partial charge in [-0.05, 0) is 11.5 Å². The van der Waals surface area contributed by atoms with E-state index in [1.807, 2.05) is 0 Å². The second kappa shape index (κ2) is 5.01. The zero-order valence-electron chi connectivity index (χ0n) is 8.35. The second-order valence-electron chi connectivity index (χ2n) is 2.89. The van der Waals surface area contributed by atoms with Gasteiger partial charge in [0.2, 0.25) is 0 Å². The molecule has 0 radical (unpaired) electrons. The quantitative estimate of drug-likeness (QED) is 0.855. The van der Waals surface area contributed by atoms with Gasteiger partial charge in [-0.1, -0.05) is 23.2 Å². The highest BCUT2D eigenvalue weighted by Gasteiger charge is 2.20. The molecule has 0 atom stereocenters. The molecule has 18 heavy (non-hydrogen) atoms. The normalized spacial score (nSPS) is 10.4. The molecule has 0 fully saturated rings. The molecule has 2 heterocycles. The van der Waals surface area contributed by atoms with Crippen molar-refractivity contribution >= 4 is 46.5 Å². The fourth-order valence-corrected chi connectivity index (χ4v) is 2.01. The van der Waals surface area contributed by atoms with E-state index in [0.29, 0.717) is 0 Å². The standard InChI is InChI=1S/C8H3Cl2FN4O2S/c9-3-4(18-15-5(3)10)7(16)17-8-13-1-2(11)6(12)14-8/h1H,(H2,12,13,14). The highest BCUT2D eigenvalue weighted by Crippen LogP contribution is 2.29. The van der Waals surface area contributed by atoms with Crippen LogP contribution >= 0.6 is 34.7 Å². The first kappa shape index (κ1) is 12.9. The molecule has 0 saturated carbocycles. The van der Waals surface area contributed by atoms with Crippen molar-refractivity contribution in [3.63, 3.8) is 0 Å². The van der Waals surface area contributed by atoms with Gasteiger partial charge in [-0.25, -0.2) is 14.2 Å².